The van der Waals surface area contributed by atoms with Crippen LogP contribution in [0.5, 0.6) is 0 Å². The van der Waals surface area contributed by atoms with E-state index in [4.69, 9.17) is 10.00 Å². The number of ether oxygens (including phenoxy) is 1. The molecule has 1 saturated carbocycles. The number of benzene rings is 1. The van der Waals surface area contributed by atoms with Crippen LogP contribution in [0, 0.1) is 17.1 Å². The summed E-state index contributed by atoms with van der Waals surface area (Å²) in [5.74, 6) is -0.436. The molecule has 0 atom stereocenters. The molecule has 0 N–H and O–H groups in total. The van der Waals surface area contributed by atoms with Gasteiger partial charge in [-0.05, 0) is 18.9 Å². The average Bonchev–Trinajstić information content (AvgIpc) is 2.66. The summed E-state index contributed by atoms with van der Waals surface area (Å²) in [6.45, 7) is 0.270. The number of nitriles is 1. The molecular formula is C15H18FNO. The second kappa shape index (κ2) is 6.51. The summed E-state index contributed by atoms with van der Waals surface area (Å²) in [5.41, 5.74) is 0.579. The third-order valence-corrected chi connectivity index (χ3v) is 3.48. The van der Waals surface area contributed by atoms with Gasteiger partial charge in [-0.25, -0.2) is 4.39 Å². The zero-order valence-electron chi connectivity index (χ0n) is 10.5. The van der Waals surface area contributed by atoms with Gasteiger partial charge in [-0.3, -0.25) is 0 Å². The zero-order chi connectivity index (χ0) is 12.8. The third kappa shape index (κ3) is 3.30. The van der Waals surface area contributed by atoms with Crippen molar-refractivity contribution in [3.8, 4) is 6.07 Å². The van der Waals surface area contributed by atoms with Gasteiger partial charge in [0.2, 0.25) is 0 Å². The molecule has 0 aromatic heterocycles. The topological polar surface area (TPSA) is 33.0 Å². The fourth-order valence-corrected chi connectivity index (χ4v) is 2.39. The lowest BCUT2D eigenvalue weighted by Crippen LogP contribution is -2.12. The van der Waals surface area contributed by atoms with E-state index in [0.29, 0.717) is 5.56 Å². The Bertz CT molecular complexity index is 431. The van der Waals surface area contributed by atoms with Crippen LogP contribution in [-0.2, 0) is 11.3 Å². The molecule has 0 spiro atoms. The minimum absolute atomic E-state index is 0.0944. The van der Waals surface area contributed by atoms with Gasteiger partial charge in [0.05, 0.1) is 18.3 Å². The monoisotopic (exact) mass is 247 g/mol. The van der Waals surface area contributed by atoms with E-state index in [0.717, 1.165) is 12.8 Å². The van der Waals surface area contributed by atoms with Gasteiger partial charge in [0, 0.05) is 5.56 Å². The average molecular weight is 247 g/mol. The smallest absolute Gasteiger partial charge is 0.146 e. The quantitative estimate of drug-likeness (QED) is 0.758. The molecule has 2 rings (SSSR count). The van der Waals surface area contributed by atoms with Crippen molar-refractivity contribution in [1.29, 1.82) is 5.26 Å². The molecule has 1 aliphatic carbocycles. The Balaban J connectivity index is 1.95. The first-order chi connectivity index (χ1) is 8.81. The molecule has 0 bridgehead atoms. The van der Waals surface area contributed by atoms with Crippen molar-refractivity contribution in [2.24, 2.45) is 0 Å². The van der Waals surface area contributed by atoms with Crippen LogP contribution in [0.1, 0.15) is 49.7 Å². The van der Waals surface area contributed by atoms with Crippen LogP contribution in [-0.4, -0.2) is 6.10 Å². The molecule has 0 aliphatic heterocycles. The number of halogens is 1. The lowest BCUT2D eigenvalue weighted by atomic mass is 10.1. The minimum Gasteiger partial charge on any atom is -0.373 e. The van der Waals surface area contributed by atoms with Gasteiger partial charge in [0.1, 0.15) is 11.9 Å². The van der Waals surface area contributed by atoms with Gasteiger partial charge in [-0.2, -0.15) is 5.26 Å². The van der Waals surface area contributed by atoms with E-state index in [1.807, 2.05) is 6.07 Å². The Morgan fingerprint density at radius 2 is 1.94 bits per heavy atom. The molecule has 0 heterocycles. The van der Waals surface area contributed by atoms with Crippen LogP contribution in [0.4, 0.5) is 4.39 Å². The van der Waals surface area contributed by atoms with Crippen LogP contribution >= 0.6 is 0 Å². The van der Waals surface area contributed by atoms with E-state index >= 15 is 0 Å². The standard InChI is InChI=1S/C15H18FNO/c16-15-12(10-17)6-5-7-13(15)11-18-14-8-3-1-2-4-9-14/h5-7,14H,1-4,8-9,11H2. The molecule has 0 amide bonds. The van der Waals surface area contributed by atoms with Gasteiger partial charge >= 0.3 is 0 Å². The highest BCUT2D eigenvalue weighted by Crippen LogP contribution is 2.22. The summed E-state index contributed by atoms with van der Waals surface area (Å²) in [6, 6.07) is 6.73. The maximum atomic E-state index is 13.8. The van der Waals surface area contributed by atoms with Crippen LogP contribution in [0.2, 0.25) is 0 Å². The largest absolute Gasteiger partial charge is 0.373 e. The Kier molecular flexibility index (Phi) is 4.72. The summed E-state index contributed by atoms with van der Waals surface area (Å²) in [6.07, 6.45) is 7.34. The molecule has 0 saturated heterocycles. The van der Waals surface area contributed by atoms with E-state index in [-0.39, 0.29) is 18.3 Å². The number of hydrogen-bond acceptors (Lipinski definition) is 2. The van der Waals surface area contributed by atoms with E-state index in [1.54, 1.807) is 12.1 Å². The summed E-state index contributed by atoms with van der Waals surface area (Å²) in [5, 5.41) is 8.77. The van der Waals surface area contributed by atoms with Crippen molar-refractivity contribution in [2.75, 3.05) is 0 Å². The second-order valence-corrected chi connectivity index (χ2v) is 4.82. The van der Waals surface area contributed by atoms with Crippen molar-refractivity contribution in [1.82, 2.24) is 0 Å². The molecule has 18 heavy (non-hydrogen) atoms. The number of hydrogen-bond donors (Lipinski definition) is 0. The molecular weight excluding hydrogens is 229 g/mol. The van der Waals surface area contributed by atoms with Gasteiger partial charge in [-0.15, -0.1) is 0 Å². The predicted molar refractivity (Wildman–Crippen MR) is 67.4 cm³/mol. The summed E-state index contributed by atoms with van der Waals surface area (Å²) < 4.78 is 19.6. The number of rotatable bonds is 3. The van der Waals surface area contributed by atoms with Crippen LogP contribution in [0.25, 0.3) is 0 Å². The number of nitrogens with zero attached hydrogens (tertiary/aromatic N) is 1. The molecule has 1 aromatic carbocycles. The maximum absolute atomic E-state index is 13.8. The first kappa shape index (κ1) is 13.0. The Morgan fingerprint density at radius 1 is 1.22 bits per heavy atom. The van der Waals surface area contributed by atoms with Crippen LogP contribution < -0.4 is 0 Å². The van der Waals surface area contributed by atoms with E-state index in [1.165, 1.54) is 31.7 Å². The SMILES string of the molecule is N#Cc1cccc(COC2CCCCCC2)c1F. The molecule has 3 heteroatoms. The van der Waals surface area contributed by atoms with Crippen molar-refractivity contribution in [3.05, 3.63) is 35.1 Å². The van der Waals surface area contributed by atoms with Crippen molar-refractivity contribution in [3.63, 3.8) is 0 Å². The first-order valence-corrected chi connectivity index (χ1v) is 6.60. The molecule has 96 valence electrons. The van der Waals surface area contributed by atoms with E-state index in [2.05, 4.69) is 0 Å². The van der Waals surface area contributed by atoms with Gasteiger partial charge in [0.15, 0.2) is 0 Å². The molecule has 0 unspecified atom stereocenters. The first-order valence-electron chi connectivity index (χ1n) is 6.60. The summed E-state index contributed by atoms with van der Waals surface area (Å²) in [7, 11) is 0. The zero-order valence-corrected chi connectivity index (χ0v) is 10.5. The van der Waals surface area contributed by atoms with Crippen molar-refractivity contribution in [2.45, 2.75) is 51.2 Å². The van der Waals surface area contributed by atoms with Crippen molar-refractivity contribution < 1.29 is 9.13 Å². The Labute approximate surface area is 107 Å². The van der Waals surface area contributed by atoms with Gasteiger partial charge < -0.3 is 4.74 Å². The van der Waals surface area contributed by atoms with Gasteiger partial charge in [0.25, 0.3) is 0 Å². The molecule has 1 fully saturated rings. The molecule has 1 aliphatic rings. The predicted octanol–water partition coefficient (Wildman–Crippen LogP) is 3.94. The second-order valence-electron chi connectivity index (χ2n) is 4.82. The highest BCUT2D eigenvalue weighted by Gasteiger charge is 2.14. The van der Waals surface area contributed by atoms with Crippen molar-refractivity contribution >= 4 is 0 Å². The molecule has 1 aromatic rings. The van der Waals surface area contributed by atoms with Crippen LogP contribution in [0.15, 0.2) is 18.2 Å². The van der Waals surface area contributed by atoms with Crippen LogP contribution in [0.3, 0.4) is 0 Å². The van der Waals surface area contributed by atoms with E-state index < -0.39 is 5.82 Å². The van der Waals surface area contributed by atoms with E-state index in [9.17, 15) is 4.39 Å². The lowest BCUT2D eigenvalue weighted by Gasteiger charge is -2.15. The third-order valence-electron chi connectivity index (χ3n) is 3.48. The fourth-order valence-electron chi connectivity index (χ4n) is 2.39. The van der Waals surface area contributed by atoms with Gasteiger partial charge in [-0.1, -0.05) is 37.8 Å². The molecule has 2 nitrogen and oxygen atoms in total. The maximum Gasteiger partial charge on any atom is 0.146 e. The Hall–Kier alpha value is -1.40. The highest BCUT2D eigenvalue weighted by molar-refractivity contribution is 5.34. The fraction of sp³-hybridized carbons (Fsp3) is 0.533. The Morgan fingerprint density at radius 3 is 2.61 bits per heavy atom. The summed E-state index contributed by atoms with van der Waals surface area (Å²) in [4.78, 5) is 0. The lowest BCUT2D eigenvalue weighted by molar-refractivity contribution is 0.0295. The molecule has 0 radical (unpaired) electrons. The summed E-state index contributed by atoms with van der Waals surface area (Å²) >= 11 is 0. The minimum atomic E-state index is -0.436. The highest BCUT2D eigenvalue weighted by atomic mass is 19.1. The normalized spacial score (nSPS) is 17.1.